The zero-order chi connectivity index (χ0) is 20.2. The van der Waals surface area contributed by atoms with Crippen LogP contribution in [-0.2, 0) is 4.79 Å². The van der Waals surface area contributed by atoms with Crippen LogP contribution in [-0.4, -0.2) is 36.1 Å². The lowest BCUT2D eigenvalue weighted by Gasteiger charge is -2.03. The van der Waals surface area contributed by atoms with Gasteiger partial charge in [-0.3, -0.25) is 10.1 Å². The van der Waals surface area contributed by atoms with E-state index in [0.717, 1.165) is 16.0 Å². The number of fused-ring (bicyclic) bond motifs is 1. The van der Waals surface area contributed by atoms with Crippen LogP contribution in [0.2, 0.25) is 0 Å². The van der Waals surface area contributed by atoms with Crippen LogP contribution in [0.1, 0.15) is 0 Å². The second-order valence-corrected chi connectivity index (χ2v) is 6.96. The van der Waals surface area contributed by atoms with Gasteiger partial charge in [-0.25, -0.2) is 0 Å². The van der Waals surface area contributed by atoms with Crippen molar-refractivity contribution < 1.29 is 23.1 Å². The number of furan rings is 1. The fraction of sp³-hybridized carbons (Fsp3) is 0.150. The highest BCUT2D eigenvalue weighted by molar-refractivity contribution is 8.00. The molecule has 0 unspecified atom stereocenters. The summed E-state index contributed by atoms with van der Waals surface area (Å²) in [6.07, 6.45) is 0. The van der Waals surface area contributed by atoms with E-state index in [1.807, 2.05) is 36.4 Å². The highest BCUT2D eigenvalue weighted by atomic mass is 32.2. The molecule has 0 aliphatic rings. The van der Waals surface area contributed by atoms with E-state index in [9.17, 15) is 4.79 Å². The van der Waals surface area contributed by atoms with Crippen molar-refractivity contribution in [3.63, 3.8) is 0 Å². The average Bonchev–Trinajstić information content (AvgIpc) is 3.39. The van der Waals surface area contributed by atoms with Gasteiger partial charge in [-0.15, -0.1) is 16.9 Å². The van der Waals surface area contributed by atoms with Gasteiger partial charge in [-0.05, 0) is 36.4 Å². The maximum absolute atomic E-state index is 12.2. The summed E-state index contributed by atoms with van der Waals surface area (Å²) in [7, 11) is 3.18. The molecule has 2 heterocycles. The quantitative estimate of drug-likeness (QED) is 0.451. The Hall–Kier alpha value is -3.46. The molecule has 2 aromatic carbocycles. The summed E-state index contributed by atoms with van der Waals surface area (Å²) in [4.78, 5) is 13.1. The van der Waals surface area contributed by atoms with Gasteiger partial charge in [0.25, 0.3) is 5.89 Å². The summed E-state index contributed by atoms with van der Waals surface area (Å²) in [5.41, 5.74) is 0.588. The molecule has 0 aliphatic heterocycles. The molecular weight excluding hydrogens is 394 g/mol. The number of hydrogen-bond acceptors (Lipinski definition) is 8. The molecule has 0 spiro atoms. The number of rotatable bonds is 7. The highest BCUT2D eigenvalue weighted by Gasteiger charge is 2.17. The van der Waals surface area contributed by atoms with E-state index in [1.165, 1.54) is 11.8 Å². The Morgan fingerprint density at radius 1 is 1.07 bits per heavy atom. The molecule has 1 N–H and O–H groups in total. The number of nitrogens with one attached hydrogen (secondary N) is 1. The Morgan fingerprint density at radius 2 is 1.90 bits per heavy atom. The lowest BCUT2D eigenvalue weighted by Crippen LogP contribution is -2.14. The highest BCUT2D eigenvalue weighted by Crippen LogP contribution is 2.33. The maximum atomic E-state index is 12.2. The summed E-state index contributed by atoms with van der Waals surface area (Å²) in [5.74, 6) is 1.88. The number of hydrogen-bond donors (Lipinski definition) is 1. The second-order valence-electron chi connectivity index (χ2n) is 5.91. The smallest absolute Gasteiger partial charge is 0.322 e. The molecule has 8 nitrogen and oxygen atoms in total. The standard InChI is InChI=1S/C20H17N3O5S/c1-25-13-6-8-14(9-7-13)29-11-17(24)21-20-23-22-19(28-20)16-10-12-4-3-5-15(26-2)18(12)27-16/h3-10H,11H2,1-2H3,(H,21,23,24). The molecule has 4 rings (SSSR count). The van der Waals surface area contributed by atoms with Crippen LogP contribution in [0.3, 0.4) is 0 Å². The Balaban J connectivity index is 1.40. The van der Waals surface area contributed by atoms with E-state index < -0.39 is 0 Å². The van der Waals surface area contributed by atoms with Gasteiger partial charge in [-0.1, -0.05) is 17.2 Å². The van der Waals surface area contributed by atoms with Crippen molar-refractivity contribution in [3.05, 3.63) is 48.5 Å². The van der Waals surface area contributed by atoms with Gasteiger partial charge in [0, 0.05) is 10.3 Å². The Labute approximate surface area is 170 Å². The van der Waals surface area contributed by atoms with Crippen molar-refractivity contribution in [2.75, 3.05) is 25.3 Å². The number of ether oxygens (including phenoxy) is 2. The number of para-hydroxylation sites is 1. The molecule has 0 fully saturated rings. The van der Waals surface area contributed by atoms with Crippen LogP contribution >= 0.6 is 11.8 Å². The fourth-order valence-corrected chi connectivity index (χ4v) is 3.35. The molecule has 0 saturated heterocycles. The molecule has 0 bridgehead atoms. The summed E-state index contributed by atoms with van der Waals surface area (Å²) in [6.45, 7) is 0. The fourth-order valence-electron chi connectivity index (χ4n) is 2.65. The van der Waals surface area contributed by atoms with Gasteiger partial charge in [0.05, 0.1) is 20.0 Å². The van der Waals surface area contributed by atoms with E-state index >= 15 is 0 Å². The summed E-state index contributed by atoms with van der Waals surface area (Å²) >= 11 is 1.39. The van der Waals surface area contributed by atoms with Crippen molar-refractivity contribution in [3.8, 4) is 23.1 Å². The molecule has 4 aromatic rings. The number of anilines is 1. The third kappa shape index (κ3) is 4.19. The van der Waals surface area contributed by atoms with Gasteiger partial charge in [-0.2, -0.15) is 0 Å². The minimum absolute atomic E-state index is 0.00718. The van der Waals surface area contributed by atoms with Gasteiger partial charge in [0.2, 0.25) is 5.91 Å². The number of carbonyl (C=O) groups is 1. The van der Waals surface area contributed by atoms with Crippen LogP contribution in [0.15, 0.2) is 62.3 Å². The van der Waals surface area contributed by atoms with Crippen molar-refractivity contribution in [2.24, 2.45) is 0 Å². The Kier molecular flexibility index (Phi) is 5.39. The summed E-state index contributed by atoms with van der Waals surface area (Å²) < 4.78 is 21.7. The van der Waals surface area contributed by atoms with Gasteiger partial charge >= 0.3 is 6.01 Å². The molecule has 9 heteroatoms. The number of amides is 1. The zero-order valence-electron chi connectivity index (χ0n) is 15.7. The molecule has 0 aliphatic carbocycles. The Bertz CT molecular complexity index is 1140. The first-order chi connectivity index (χ1) is 14.2. The monoisotopic (exact) mass is 411 g/mol. The van der Waals surface area contributed by atoms with Crippen LogP contribution < -0.4 is 14.8 Å². The molecule has 148 valence electrons. The van der Waals surface area contributed by atoms with Crippen molar-refractivity contribution in [1.29, 1.82) is 0 Å². The van der Waals surface area contributed by atoms with Gasteiger partial charge < -0.3 is 18.3 Å². The Morgan fingerprint density at radius 3 is 2.66 bits per heavy atom. The number of benzene rings is 2. The van der Waals surface area contributed by atoms with Gasteiger partial charge in [0.1, 0.15) is 5.75 Å². The first-order valence-electron chi connectivity index (χ1n) is 8.63. The van der Waals surface area contributed by atoms with Crippen LogP contribution in [0.5, 0.6) is 11.5 Å². The normalized spacial score (nSPS) is 10.8. The average molecular weight is 411 g/mol. The summed E-state index contributed by atoms with van der Waals surface area (Å²) in [5, 5.41) is 11.2. The van der Waals surface area contributed by atoms with Crippen LogP contribution in [0.25, 0.3) is 22.6 Å². The molecule has 1 amide bonds. The molecular formula is C20H17N3O5S. The maximum Gasteiger partial charge on any atom is 0.322 e. The summed E-state index contributed by atoms with van der Waals surface area (Å²) in [6, 6.07) is 14.8. The first-order valence-corrected chi connectivity index (χ1v) is 9.62. The second kappa shape index (κ2) is 8.27. The largest absolute Gasteiger partial charge is 0.497 e. The van der Waals surface area contributed by atoms with E-state index in [4.69, 9.17) is 18.3 Å². The van der Waals surface area contributed by atoms with Crippen molar-refractivity contribution >= 4 is 34.7 Å². The number of thioether (sulfide) groups is 1. The number of carbonyl (C=O) groups excluding carboxylic acids is 1. The van der Waals surface area contributed by atoms with E-state index in [0.29, 0.717) is 17.1 Å². The number of nitrogens with zero attached hydrogens (tertiary/aromatic N) is 2. The number of methoxy groups -OCH3 is 2. The molecule has 2 aromatic heterocycles. The lowest BCUT2D eigenvalue weighted by atomic mass is 10.2. The predicted octanol–water partition coefficient (Wildman–Crippen LogP) is 4.23. The van der Waals surface area contributed by atoms with E-state index in [2.05, 4.69) is 15.5 Å². The van der Waals surface area contributed by atoms with Gasteiger partial charge in [0.15, 0.2) is 17.1 Å². The van der Waals surface area contributed by atoms with E-state index in [1.54, 1.807) is 26.4 Å². The van der Waals surface area contributed by atoms with Crippen molar-refractivity contribution in [2.45, 2.75) is 4.90 Å². The zero-order valence-corrected chi connectivity index (χ0v) is 16.5. The van der Waals surface area contributed by atoms with Crippen LogP contribution in [0.4, 0.5) is 6.01 Å². The molecule has 0 atom stereocenters. The molecule has 0 saturated carbocycles. The van der Waals surface area contributed by atoms with Crippen molar-refractivity contribution in [1.82, 2.24) is 10.2 Å². The molecule has 29 heavy (non-hydrogen) atoms. The minimum atomic E-state index is -0.257. The number of aromatic nitrogens is 2. The third-order valence-electron chi connectivity index (χ3n) is 4.04. The third-order valence-corrected chi connectivity index (χ3v) is 5.05. The molecule has 0 radical (unpaired) electrons. The van der Waals surface area contributed by atoms with Crippen LogP contribution in [0, 0.1) is 0 Å². The topological polar surface area (TPSA) is 99.6 Å². The lowest BCUT2D eigenvalue weighted by molar-refractivity contribution is -0.113. The first kappa shape index (κ1) is 18.9. The minimum Gasteiger partial charge on any atom is -0.497 e. The van der Waals surface area contributed by atoms with E-state index in [-0.39, 0.29) is 23.6 Å². The predicted molar refractivity (Wildman–Crippen MR) is 108 cm³/mol. The SMILES string of the molecule is COc1ccc(SCC(=O)Nc2nnc(-c3cc4cccc(OC)c4o3)o2)cc1.